The summed E-state index contributed by atoms with van der Waals surface area (Å²) >= 11 is 0. The predicted molar refractivity (Wildman–Crippen MR) is 237 cm³/mol. The first-order valence-electron chi connectivity index (χ1n) is 22.0. The molecule has 7 rings (SSSR count). The number of aliphatic hydroxyl groups is 4. The lowest BCUT2D eigenvalue weighted by atomic mass is 9.70. The number of phenols is 1. The molecule has 59 heavy (non-hydrogen) atoms. The van der Waals surface area contributed by atoms with Crippen LogP contribution >= 0.6 is 21.6 Å². The van der Waals surface area contributed by atoms with Crippen molar-refractivity contribution >= 4 is 21.6 Å². The maximum Gasteiger partial charge on any atom is 0.161 e. The van der Waals surface area contributed by atoms with E-state index in [0.29, 0.717) is 49.1 Å². The molecular weight excluding hydrogens is 783 g/mol. The summed E-state index contributed by atoms with van der Waals surface area (Å²) in [5.41, 5.74) is 13.2. The summed E-state index contributed by atoms with van der Waals surface area (Å²) in [6, 6.07) is 7.83. The van der Waals surface area contributed by atoms with E-state index < -0.39 is 24.2 Å². The van der Waals surface area contributed by atoms with E-state index in [1.165, 1.54) is 5.57 Å². The van der Waals surface area contributed by atoms with Crippen molar-refractivity contribution in [3.05, 3.63) is 82.0 Å². The number of benzene rings is 1. The van der Waals surface area contributed by atoms with Gasteiger partial charge in [0.1, 0.15) is 11.9 Å². The molecule has 1 aromatic carbocycles. The Balaban J connectivity index is 1.27. The van der Waals surface area contributed by atoms with Crippen LogP contribution in [0, 0.1) is 47.3 Å². The molecule has 5 aliphatic rings. The standard InChI is InChI=1S/C47H65N3O7S2/c1-3-28-8-5-6-10-42(56-17-16-51)45-30(12-11-28)20-36-29(4-2)18-31-21-40(53)43(24-37(31)38(36)23-41(45)54)57-44-22-32(19-34-9-7-14-49-34)35-13-15-50-47(48)39(35)27-59-58-26-33(25-52)46(44)55/h7,9,13-14,20-21,24,28-30,32-33,38,41-42,44-46,49-55H,3-6,8,10,15-19,22-23,25-27,48H2,1-2H3. The van der Waals surface area contributed by atoms with Crippen LogP contribution in [0.25, 0.3) is 0 Å². The van der Waals surface area contributed by atoms with Gasteiger partial charge in [0.15, 0.2) is 11.5 Å². The Morgan fingerprint density at radius 2 is 1.85 bits per heavy atom. The van der Waals surface area contributed by atoms with Crippen LogP contribution in [0.15, 0.2) is 65.2 Å². The molecule has 322 valence electrons. The number of hydrogen-bond acceptors (Lipinski definition) is 11. The van der Waals surface area contributed by atoms with Gasteiger partial charge in [-0.2, -0.15) is 0 Å². The summed E-state index contributed by atoms with van der Waals surface area (Å²) in [6.45, 7) is 4.95. The fraction of sp³-hybridized carbons (Fsp3) is 0.617. The molecule has 0 amide bonds. The fourth-order valence-corrected chi connectivity index (χ4v) is 12.8. The number of hydrogen-bond donors (Lipinski definition) is 8. The third-order valence-electron chi connectivity index (χ3n) is 13.5. The van der Waals surface area contributed by atoms with E-state index in [-0.39, 0.29) is 67.0 Å². The number of ether oxygens (including phenoxy) is 2. The lowest BCUT2D eigenvalue weighted by Crippen LogP contribution is -2.42. The minimum Gasteiger partial charge on any atom is -0.504 e. The molecule has 2 aromatic rings. The second-order valence-corrected chi connectivity index (χ2v) is 19.7. The summed E-state index contributed by atoms with van der Waals surface area (Å²) in [5, 5.41) is 59.9. The van der Waals surface area contributed by atoms with Crippen molar-refractivity contribution in [2.45, 2.75) is 108 Å². The SMILES string of the molecule is CCC1C#CC2C=C3C(CC)Cc4cc(O)c(OC5CC(Cc6ccc[nH]6)C6=CCNC(N)=C6CSSCC(CO)C5O)cc4C3CC(O)C2C(OCCO)CCCC1. The zero-order chi connectivity index (χ0) is 41.5. The fourth-order valence-electron chi connectivity index (χ4n) is 10.3. The summed E-state index contributed by atoms with van der Waals surface area (Å²) < 4.78 is 13.2. The van der Waals surface area contributed by atoms with Crippen molar-refractivity contribution in [3.63, 3.8) is 0 Å². The second kappa shape index (κ2) is 20.7. The number of aromatic nitrogens is 1. The maximum absolute atomic E-state index is 12.3. The zero-order valence-electron chi connectivity index (χ0n) is 34.7. The summed E-state index contributed by atoms with van der Waals surface area (Å²) in [6.07, 6.45) is 11.8. The number of dihydropyridines is 1. The Morgan fingerprint density at radius 3 is 2.61 bits per heavy atom. The predicted octanol–water partition coefficient (Wildman–Crippen LogP) is 6.35. The number of fused-ring (bicyclic) bond motifs is 5. The minimum absolute atomic E-state index is 0.0158. The van der Waals surface area contributed by atoms with Gasteiger partial charge in [-0.05, 0) is 104 Å². The Kier molecular flexibility index (Phi) is 15.5. The number of aromatic hydroxyl groups is 1. The molecule has 1 aromatic heterocycles. The highest BCUT2D eigenvalue weighted by Gasteiger charge is 2.43. The highest BCUT2D eigenvalue weighted by atomic mass is 33.1. The molecule has 11 unspecified atom stereocenters. The van der Waals surface area contributed by atoms with E-state index >= 15 is 0 Å². The number of rotatable bonds is 10. The smallest absolute Gasteiger partial charge is 0.161 e. The second-order valence-electron chi connectivity index (χ2n) is 17.2. The lowest BCUT2D eigenvalue weighted by Gasteiger charge is -2.37. The third kappa shape index (κ3) is 10.2. The van der Waals surface area contributed by atoms with Crippen LogP contribution in [0.5, 0.6) is 11.5 Å². The number of phenolic OH excluding ortho intramolecular Hbond substituents is 1. The molecule has 1 saturated heterocycles. The van der Waals surface area contributed by atoms with E-state index in [0.717, 1.165) is 72.9 Å². The number of nitrogens with one attached hydrogen (secondary N) is 2. The summed E-state index contributed by atoms with van der Waals surface area (Å²) in [4.78, 5) is 3.36. The molecule has 9 N–H and O–H groups in total. The van der Waals surface area contributed by atoms with E-state index in [1.54, 1.807) is 21.6 Å². The largest absolute Gasteiger partial charge is 0.504 e. The van der Waals surface area contributed by atoms with Crippen LogP contribution in [0.1, 0.15) is 88.0 Å². The molecule has 11 atom stereocenters. The third-order valence-corrected chi connectivity index (χ3v) is 15.9. The van der Waals surface area contributed by atoms with E-state index in [1.807, 2.05) is 24.4 Å². The van der Waals surface area contributed by atoms with Gasteiger partial charge in [-0.1, -0.05) is 77.8 Å². The number of aromatic amines is 1. The molecule has 2 aliphatic heterocycles. The first-order valence-corrected chi connectivity index (χ1v) is 24.5. The number of H-pyrrole nitrogens is 1. The van der Waals surface area contributed by atoms with Crippen molar-refractivity contribution in [2.75, 3.05) is 37.9 Å². The van der Waals surface area contributed by atoms with E-state index in [9.17, 15) is 25.5 Å². The molecule has 3 aliphatic carbocycles. The van der Waals surface area contributed by atoms with Crippen LogP contribution in [0.2, 0.25) is 0 Å². The van der Waals surface area contributed by atoms with Gasteiger partial charge in [-0.3, -0.25) is 0 Å². The van der Waals surface area contributed by atoms with Crippen molar-refractivity contribution in [1.82, 2.24) is 10.3 Å². The number of nitrogens with two attached hydrogens (primary N) is 1. The Labute approximate surface area is 358 Å². The van der Waals surface area contributed by atoms with Gasteiger partial charge in [0.05, 0.1) is 31.5 Å². The van der Waals surface area contributed by atoms with E-state index in [4.69, 9.17) is 15.2 Å². The van der Waals surface area contributed by atoms with Crippen molar-refractivity contribution in [3.8, 4) is 23.3 Å². The molecule has 1 fully saturated rings. The number of allylic oxidation sites excluding steroid dienone is 3. The van der Waals surface area contributed by atoms with Gasteiger partial charge < -0.3 is 51.0 Å². The highest BCUT2D eigenvalue weighted by Crippen LogP contribution is 2.51. The first-order chi connectivity index (χ1) is 28.7. The quantitative estimate of drug-likeness (QED) is 0.0761. The van der Waals surface area contributed by atoms with Crippen LogP contribution in [-0.4, -0.2) is 92.8 Å². The van der Waals surface area contributed by atoms with Gasteiger partial charge in [-0.15, -0.1) is 0 Å². The molecule has 10 nitrogen and oxygen atoms in total. The van der Waals surface area contributed by atoms with Crippen LogP contribution in [-0.2, 0) is 17.6 Å². The topological polar surface area (TPSA) is 173 Å². The summed E-state index contributed by atoms with van der Waals surface area (Å²) in [5.74, 6) is 8.85. The zero-order valence-corrected chi connectivity index (χ0v) is 36.3. The number of aliphatic hydroxyl groups excluding tert-OH is 4. The Hall–Kier alpha value is -3.02. The Bertz CT molecular complexity index is 1870. The van der Waals surface area contributed by atoms with Gasteiger partial charge in [0, 0.05) is 71.7 Å². The van der Waals surface area contributed by atoms with Crippen molar-refractivity contribution in [1.29, 1.82) is 0 Å². The van der Waals surface area contributed by atoms with Crippen LogP contribution in [0.4, 0.5) is 0 Å². The molecule has 0 bridgehead atoms. The van der Waals surface area contributed by atoms with E-state index in [2.05, 4.69) is 54.2 Å². The van der Waals surface area contributed by atoms with Gasteiger partial charge in [-0.25, -0.2) is 0 Å². The molecule has 0 radical (unpaired) electrons. The maximum atomic E-state index is 12.3. The van der Waals surface area contributed by atoms with Gasteiger partial charge >= 0.3 is 0 Å². The molecular formula is C47H65N3O7S2. The molecule has 0 saturated carbocycles. The van der Waals surface area contributed by atoms with Crippen LogP contribution in [0.3, 0.4) is 0 Å². The van der Waals surface area contributed by atoms with Crippen molar-refractivity contribution < 1.29 is 35.0 Å². The lowest BCUT2D eigenvalue weighted by molar-refractivity contribution is -0.0603. The van der Waals surface area contributed by atoms with Gasteiger partial charge in [0.2, 0.25) is 0 Å². The first kappa shape index (κ1) is 44.0. The minimum atomic E-state index is -1.02. The molecule has 12 heteroatoms. The van der Waals surface area contributed by atoms with Gasteiger partial charge in [0.25, 0.3) is 0 Å². The monoisotopic (exact) mass is 847 g/mol. The average Bonchev–Trinajstić information content (AvgIpc) is 3.69. The summed E-state index contributed by atoms with van der Waals surface area (Å²) in [7, 11) is 3.28. The normalized spacial score (nSPS) is 32.8. The van der Waals surface area contributed by atoms with Crippen molar-refractivity contribution in [2.24, 2.45) is 41.2 Å². The highest BCUT2D eigenvalue weighted by molar-refractivity contribution is 8.76. The molecule has 3 heterocycles. The van der Waals surface area contributed by atoms with Crippen LogP contribution < -0.4 is 15.8 Å². The Morgan fingerprint density at radius 1 is 1.00 bits per heavy atom. The average molecular weight is 848 g/mol. The molecule has 0 spiro atoms.